The number of urea groups is 1. The fraction of sp³-hybridized carbons (Fsp3) is 0.167. The van der Waals surface area contributed by atoms with Crippen LogP contribution in [0.4, 0.5) is 16.2 Å². The average Bonchev–Trinajstić information content (AvgIpc) is 3.43. The third kappa shape index (κ3) is 4.08. The van der Waals surface area contributed by atoms with Gasteiger partial charge in [0.25, 0.3) is 15.9 Å². The molecule has 1 saturated heterocycles. The third-order valence-electron chi connectivity index (χ3n) is 6.01. The van der Waals surface area contributed by atoms with Gasteiger partial charge in [-0.25, -0.2) is 17.5 Å². The van der Waals surface area contributed by atoms with Crippen LogP contribution in [0, 0.1) is 0 Å². The first-order chi connectivity index (χ1) is 15.8. The van der Waals surface area contributed by atoms with E-state index in [0.717, 1.165) is 15.4 Å². The molecule has 3 N–H and O–H groups in total. The second kappa shape index (κ2) is 9.00. The van der Waals surface area contributed by atoms with Crippen molar-refractivity contribution in [2.45, 2.75) is 17.4 Å². The summed E-state index contributed by atoms with van der Waals surface area (Å²) in [6.45, 7) is 0.465. The van der Waals surface area contributed by atoms with Crippen LogP contribution in [-0.2, 0) is 16.4 Å². The van der Waals surface area contributed by atoms with Gasteiger partial charge in [0.15, 0.2) is 0 Å². The number of anilines is 2. The van der Waals surface area contributed by atoms with Crippen LogP contribution in [0.25, 0.3) is 0 Å². The van der Waals surface area contributed by atoms with Crippen LogP contribution in [-0.4, -0.2) is 37.8 Å². The maximum atomic E-state index is 13.3. The van der Waals surface area contributed by atoms with Crippen LogP contribution >= 0.6 is 12.4 Å². The Morgan fingerprint density at radius 2 is 1.71 bits per heavy atom. The van der Waals surface area contributed by atoms with Crippen molar-refractivity contribution in [2.75, 3.05) is 23.7 Å². The van der Waals surface area contributed by atoms with Crippen molar-refractivity contribution in [3.8, 4) is 0 Å². The lowest BCUT2D eigenvalue weighted by Crippen LogP contribution is -2.34. The van der Waals surface area contributed by atoms with Gasteiger partial charge < -0.3 is 16.0 Å². The molecule has 0 radical (unpaired) electrons. The van der Waals surface area contributed by atoms with Crippen molar-refractivity contribution in [3.05, 3.63) is 89.5 Å². The number of rotatable bonds is 4. The largest absolute Gasteiger partial charge is 0.399 e. The number of carbonyl (C=O) groups excluding carboxylic acids is 2. The smallest absolute Gasteiger partial charge is 0.331 e. The number of carbonyl (C=O) groups is 2. The molecule has 1 fully saturated rings. The molecule has 0 unspecified atom stereocenters. The Kier molecular flexibility index (Phi) is 6.24. The number of halogens is 1. The van der Waals surface area contributed by atoms with Crippen molar-refractivity contribution in [1.29, 1.82) is 0 Å². The highest BCUT2D eigenvalue weighted by molar-refractivity contribution is 7.89. The maximum Gasteiger partial charge on any atom is 0.331 e. The van der Waals surface area contributed by atoms with Crippen LogP contribution in [0.2, 0.25) is 0 Å². The average molecular weight is 499 g/mol. The van der Waals surface area contributed by atoms with Gasteiger partial charge in [-0.3, -0.25) is 4.79 Å². The van der Waals surface area contributed by atoms with Crippen LogP contribution < -0.4 is 16.0 Å². The molecule has 3 aromatic carbocycles. The van der Waals surface area contributed by atoms with Crippen molar-refractivity contribution in [2.24, 2.45) is 0 Å². The number of fused-ring (bicyclic) bond motifs is 1. The SMILES string of the molecule is Cl.Nc1ccc(C(=O)N2CCc3cc(S(=O)(=O)N4C[C@H](c5ccccc5)NC4=O)ccc32)cc1. The van der Waals surface area contributed by atoms with E-state index in [1.54, 1.807) is 41.3 Å². The number of hydrogen-bond donors (Lipinski definition) is 2. The molecule has 2 aliphatic heterocycles. The number of nitrogens with zero attached hydrogens (tertiary/aromatic N) is 2. The van der Waals surface area contributed by atoms with Gasteiger partial charge in [-0.05, 0) is 60.0 Å². The first kappa shape index (κ1) is 23.6. The quantitative estimate of drug-likeness (QED) is 0.535. The van der Waals surface area contributed by atoms with Crippen LogP contribution in [0.1, 0.15) is 27.5 Å². The van der Waals surface area contributed by atoms with Gasteiger partial charge in [0.1, 0.15) is 0 Å². The molecule has 0 aliphatic carbocycles. The van der Waals surface area contributed by atoms with Crippen molar-refractivity contribution >= 4 is 45.7 Å². The van der Waals surface area contributed by atoms with Gasteiger partial charge in [0, 0.05) is 23.5 Å². The molecule has 5 rings (SSSR count). The Labute approximate surface area is 203 Å². The fourth-order valence-electron chi connectivity index (χ4n) is 4.26. The van der Waals surface area contributed by atoms with E-state index in [2.05, 4.69) is 5.32 Å². The van der Waals surface area contributed by atoms with E-state index in [1.807, 2.05) is 30.3 Å². The Balaban J connectivity index is 0.00000274. The molecule has 0 saturated carbocycles. The second-order valence-corrected chi connectivity index (χ2v) is 9.93. The zero-order valence-electron chi connectivity index (χ0n) is 18.0. The summed E-state index contributed by atoms with van der Waals surface area (Å²) < 4.78 is 27.4. The number of nitrogen functional groups attached to an aromatic ring is 1. The number of sulfonamides is 1. The predicted octanol–water partition coefficient (Wildman–Crippen LogP) is 3.35. The molecule has 8 nitrogen and oxygen atoms in total. The molecule has 2 heterocycles. The van der Waals surface area contributed by atoms with Crippen molar-refractivity contribution < 1.29 is 18.0 Å². The number of benzene rings is 3. The Morgan fingerprint density at radius 1 is 1.00 bits per heavy atom. The number of hydrogen-bond acceptors (Lipinski definition) is 5. The van der Waals surface area contributed by atoms with Gasteiger partial charge in [-0.2, -0.15) is 0 Å². The first-order valence-electron chi connectivity index (χ1n) is 10.5. The lowest BCUT2D eigenvalue weighted by molar-refractivity contribution is 0.0989. The minimum Gasteiger partial charge on any atom is -0.399 e. The summed E-state index contributed by atoms with van der Waals surface area (Å²) >= 11 is 0. The number of nitrogens with two attached hydrogens (primary N) is 1. The van der Waals surface area contributed by atoms with E-state index in [0.29, 0.717) is 29.9 Å². The molecule has 34 heavy (non-hydrogen) atoms. The standard InChI is InChI=1S/C24H22N4O4S.ClH/c25-19-8-6-17(7-9-19)23(29)27-13-12-18-14-20(10-11-22(18)27)33(31,32)28-15-21(26-24(28)30)16-4-2-1-3-5-16;/h1-11,14,21H,12-13,15,25H2,(H,26,30);1H/t21-;/m1./s1. The lowest BCUT2D eigenvalue weighted by Gasteiger charge is -2.19. The molecule has 10 heteroatoms. The minimum atomic E-state index is -4.04. The van der Waals surface area contributed by atoms with E-state index in [-0.39, 0.29) is 29.8 Å². The summed E-state index contributed by atoms with van der Waals surface area (Å²) in [6, 6.07) is 19.5. The topological polar surface area (TPSA) is 113 Å². The van der Waals surface area contributed by atoms with Gasteiger partial charge in [0.05, 0.1) is 17.5 Å². The normalized spacial score (nSPS) is 17.2. The summed E-state index contributed by atoms with van der Waals surface area (Å²) in [5.41, 5.74) is 9.05. The molecule has 176 valence electrons. The van der Waals surface area contributed by atoms with E-state index in [9.17, 15) is 18.0 Å². The second-order valence-electron chi connectivity index (χ2n) is 8.07. The molecule has 3 amide bonds. The first-order valence-corrected chi connectivity index (χ1v) is 12.0. The van der Waals surface area contributed by atoms with E-state index in [4.69, 9.17) is 5.73 Å². The predicted molar refractivity (Wildman–Crippen MR) is 132 cm³/mol. The Bertz CT molecular complexity index is 1350. The highest BCUT2D eigenvalue weighted by Gasteiger charge is 2.39. The van der Waals surface area contributed by atoms with Gasteiger partial charge >= 0.3 is 6.03 Å². The molecular formula is C24H23ClN4O4S. The zero-order chi connectivity index (χ0) is 23.2. The van der Waals surface area contributed by atoms with E-state index >= 15 is 0 Å². The summed E-state index contributed by atoms with van der Waals surface area (Å²) in [6.07, 6.45) is 0.526. The van der Waals surface area contributed by atoms with Crippen molar-refractivity contribution in [3.63, 3.8) is 0 Å². The Morgan fingerprint density at radius 3 is 2.41 bits per heavy atom. The molecule has 0 aromatic heterocycles. The van der Waals surface area contributed by atoms with Crippen LogP contribution in [0.15, 0.2) is 77.7 Å². The fourth-order valence-corrected chi connectivity index (χ4v) is 5.66. The summed E-state index contributed by atoms with van der Waals surface area (Å²) in [7, 11) is -4.04. The summed E-state index contributed by atoms with van der Waals surface area (Å²) in [5.74, 6) is -0.172. The maximum absolute atomic E-state index is 13.3. The number of nitrogens with one attached hydrogen (secondary N) is 1. The molecule has 3 aromatic rings. The van der Waals surface area contributed by atoms with Gasteiger partial charge in [0.2, 0.25) is 0 Å². The molecular weight excluding hydrogens is 476 g/mol. The minimum absolute atomic E-state index is 0. The monoisotopic (exact) mass is 498 g/mol. The molecule has 2 aliphatic rings. The molecule has 1 atom stereocenters. The molecule has 0 spiro atoms. The van der Waals surface area contributed by atoms with E-state index < -0.39 is 22.1 Å². The zero-order valence-corrected chi connectivity index (χ0v) is 19.7. The summed E-state index contributed by atoms with van der Waals surface area (Å²) in [5, 5.41) is 2.74. The highest BCUT2D eigenvalue weighted by Crippen LogP contribution is 2.33. The summed E-state index contributed by atoms with van der Waals surface area (Å²) in [4.78, 5) is 27.1. The van der Waals surface area contributed by atoms with Gasteiger partial charge in [-0.1, -0.05) is 30.3 Å². The van der Waals surface area contributed by atoms with Crippen LogP contribution in [0.5, 0.6) is 0 Å². The van der Waals surface area contributed by atoms with Crippen LogP contribution in [0.3, 0.4) is 0 Å². The highest BCUT2D eigenvalue weighted by atomic mass is 35.5. The Hall–Kier alpha value is -3.56. The lowest BCUT2D eigenvalue weighted by atomic mass is 10.1. The third-order valence-corrected chi connectivity index (χ3v) is 7.76. The van der Waals surface area contributed by atoms with Crippen molar-refractivity contribution in [1.82, 2.24) is 9.62 Å². The van der Waals surface area contributed by atoms with Gasteiger partial charge in [-0.15, -0.1) is 12.4 Å². The number of amides is 3. The molecule has 0 bridgehead atoms. The van der Waals surface area contributed by atoms with E-state index in [1.165, 1.54) is 6.07 Å².